The first kappa shape index (κ1) is 19.1. The molecule has 0 spiro atoms. The van der Waals surface area contributed by atoms with E-state index in [1.54, 1.807) is 0 Å². The van der Waals surface area contributed by atoms with Crippen LogP contribution < -0.4 is 0 Å². The molecule has 30 heavy (non-hydrogen) atoms. The van der Waals surface area contributed by atoms with Gasteiger partial charge in [0.25, 0.3) is 5.91 Å². The number of nitrogens with one attached hydrogen (secondary N) is 1. The molecule has 4 nitrogen and oxygen atoms in total. The Labute approximate surface area is 178 Å². The Bertz CT molecular complexity index is 1120. The lowest BCUT2D eigenvalue weighted by Gasteiger charge is -2.40. The number of carbonyl (C=O) groups excluding carboxylic acids is 1. The van der Waals surface area contributed by atoms with E-state index in [-0.39, 0.29) is 5.91 Å². The van der Waals surface area contributed by atoms with E-state index in [1.807, 2.05) is 11.8 Å². The predicted octanol–water partition coefficient (Wildman–Crippen LogP) is 5.43. The van der Waals surface area contributed by atoms with Gasteiger partial charge in [-0.1, -0.05) is 35.9 Å². The fraction of sp³-hybridized carbons (Fsp3) is 0.385. The third-order valence-electron chi connectivity index (χ3n) is 6.88. The summed E-state index contributed by atoms with van der Waals surface area (Å²) in [6.45, 7) is 9.90. The Morgan fingerprint density at radius 3 is 2.30 bits per heavy atom. The summed E-state index contributed by atoms with van der Waals surface area (Å²) in [5.74, 6) is 1.20. The van der Waals surface area contributed by atoms with Gasteiger partial charge in [-0.25, -0.2) is 0 Å². The number of hydrogen-bond donors (Lipinski definition) is 1. The van der Waals surface area contributed by atoms with Gasteiger partial charge >= 0.3 is 0 Å². The highest BCUT2D eigenvalue weighted by molar-refractivity contribution is 5.98. The van der Waals surface area contributed by atoms with Crippen molar-refractivity contribution in [2.75, 3.05) is 13.1 Å². The highest BCUT2D eigenvalue weighted by Gasteiger charge is 2.34. The van der Waals surface area contributed by atoms with Gasteiger partial charge < -0.3 is 4.90 Å². The lowest BCUT2D eigenvalue weighted by molar-refractivity contribution is 0.0601. The first-order valence-electron chi connectivity index (χ1n) is 10.9. The molecule has 1 aliphatic heterocycles. The Hall–Kier alpha value is -2.88. The first-order chi connectivity index (χ1) is 14.4. The van der Waals surface area contributed by atoms with Crippen molar-refractivity contribution >= 4 is 5.91 Å². The maximum absolute atomic E-state index is 13.3. The first-order valence-corrected chi connectivity index (χ1v) is 10.9. The quantitative estimate of drug-likeness (QED) is 0.636. The zero-order chi connectivity index (χ0) is 21.0. The van der Waals surface area contributed by atoms with Gasteiger partial charge in [-0.3, -0.25) is 9.89 Å². The third-order valence-corrected chi connectivity index (χ3v) is 6.88. The van der Waals surface area contributed by atoms with Gasteiger partial charge in [-0.2, -0.15) is 5.10 Å². The minimum absolute atomic E-state index is 0.147. The van der Waals surface area contributed by atoms with E-state index in [0.717, 1.165) is 41.2 Å². The molecular weight excluding hydrogens is 370 g/mol. The Morgan fingerprint density at radius 2 is 1.70 bits per heavy atom. The van der Waals surface area contributed by atoms with Crippen molar-refractivity contribution in [1.82, 2.24) is 15.1 Å². The van der Waals surface area contributed by atoms with Crippen molar-refractivity contribution in [3.05, 3.63) is 75.5 Å². The van der Waals surface area contributed by atoms with Crippen molar-refractivity contribution in [2.24, 2.45) is 0 Å². The molecule has 0 unspecified atom stereocenters. The van der Waals surface area contributed by atoms with Crippen LogP contribution >= 0.6 is 0 Å². The largest absolute Gasteiger partial charge is 0.337 e. The van der Waals surface area contributed by atoms with E-state index in [1.165, 1.54) is 35.1 Å². The number of aromatic amines is 1. The maximum atomic E-state index is 13.3. The van der Waals surface area contributed by atoms with E-state index in [0.29, 0.717) is 11.8 Å². The van der Waals surface area contributed by atoms with Crippen LogP contribution in [0.3, 0.4) is 0 Å². The second-order valence-corrected chi connectivity index (χ2v) is 9.16. The number of carbonyl (C=O) groups is 1. The number of aryl methyl sites for hydroxylation is 3. The molecule has 154 valence electrons. The van der Waals surface area contributed by atoms with Crippen LogP contribution in [0.2, 0.25) is 0 Å². The summed E-state index contributed by atoms with van der Waals surface area (Å²) >= 11 is 0. The van der Waals surface area contributed by atoms with Crippen LogP contribution in [-0.4, -0.2) is 34.1 Å². The van der Waals surface area contributed by atoms with Crippen LogP contribution in [0.4, 0.5) is 0 Å². The zero-order valence-corrected chi connectivity index (χ0v) is 18.2. The van der Waals surface area contributed by atoms with E-state index < -0.39 is 0 Å². The SMILES string of the molecule is Cc1ccc(C2CN(C(=O)c3cc(-c4[nH]nc(C)c4C)c(C4CC4)cc3C)C2)cc1. The summed E-state index contributed by atoms with van der Waals surface area (Å²) in [4.78, 5) is 15.3. The number of likely N-dealkylation sites (tertiary alicyclic amines) is 1. The molecule has 2 aromatic carbocycles. The van der Waals surface area contributed by atoms with Crippen molar-refractivity contribution in [1.29, 1.82) is 0 Å². The number of benzene rings is 2. The molecule has 4 heteroatoms. The Kier molecular flexibility index (Phi) is 4.53. The summed E-state index contributed by atoms with van der Waals surface area (Å²) in [6, 6.07) is 13.1. The summed E-state index contributed by atoms with van der Waals surface area (Å²) in [5, 5.41) is 7.62. The van der Waals surface area contributed by atoms with Gasteiger partial charge in [0.15, 0.2) is 0 Å². The van der Waals surface area contributed by atoms with Gasteiger partial charge in [0.1, 0.15) is 0 Å². The Balaban J connectivity index is 1.43. The fourth-order valence-electron chi connectivity index (χ4n) is 4.52. The highest BCUT2D eigenvalue weighted by atomic mass is 16.2. The summed E-state index contributed by atoms with van der Waals surface area (Å²) in [7, 11) is 0. The van der Waals surface area contributed by atoms with Crippen LogP contribution in [-0.2, 0) is 0 Å². The maximum Gasteiger partial charge on any atom is 0.254 e. The summed E-state index contributed by atoms with van der Waals surface area (Å²) < 4.78 is 0. The lowest BCUT2D eigenvalue weighted by Crippen LogP contribution is -2.48. The molecule has 1 saturated heterocycles. The van der Waals surface area contributed by atoms with E-state index in [4.69, 9.17) is 0 Å². The van der Waals surface area contributed by atoms with Gasteiger partial charge in [0.2, 0.25) is 0 Å². The van der Waals surface area contributed by atoms with E-state index >= 15 is 0 Å². The zero-order valence-electron chi connectivity index (χ0n) is 18.2. The predicted molar refractivity (Wildman–Crippen MR) is 120 cm³/mol. The Morgan fingerprint density at radius 1 is 1.00 bits per heavy atom. The van der Waals surface area contributed by atoms with E-state index in [2.05, 4.69) is 67.4 Å². The van der Waals surface area contributed by atoms with Gasteiger partial charge in [0.05, 0.1) is 11.4 Å². The van der Waals surface area contributed by atoms with E-state index in [9.17, 15) is 4.79 Å². The minimum Gasteiger partial charge on any atom is -0.337 e. The van der Waals surface area contributed by atoms with Crippen molar-refractivity contribution < 1.29 is 4.79 Å². The monoisotopic (exact) mass is 399 g/mol. The minimum atomic E-state index is 0.147. The van der Waals surface area contributed by atoms with Crippen LogP contribution in [0, 0.1) is 27.7 Å². The number of rotatable bonds is 4. The normalized spacial score (nSPS) is 16.6. The van der Waals surface area contributed by atoms with Crippen molar-refractivity contribution in [2.45, 2.75) is 52.4 Å². The molecule has 2 fully saturated rings. The standard InChI is InChI=1S/C26H29N3O/c1-15-5-7-19(8-6-15)21-13-29(14-21)26(30)22-12-24(25-17(3)18(4)27-28-25)23(11-16(22)2)20-9-10-20/h5-8,11-12,20-21H,9-10,13-14H2,1-4H3,(H,27,28). The van der Waals surface area contributed by atoms with Crippen LogP contribution in [0.15, 0.2) is 36.4 Å². The molecule has 0 radical (unpaired) electrons. The molecule has 5 rings (SSSR count). The molecule has 1 aliphatic carbocycles. The highest BCUT2D eigenvalue weighted by Crippen LogP contribution is 2.46. The lowest BCUT2D eigenvalue weighted by atomic mass is 9.88. The van der Waals surface area contributed by atoms with Crippen LogP contribution in [0.1, 0.15) is 68.5 Å². The molecule has 1 aromatic heterocycles. The number of amides is 1. The van der Waals surface area contributed by atoms with Crippen LogP contribution in [0.25, 0.3) is 11.3 Å². The molecule has 1 N–H and O–H groups in total. The van der Waals surface area contributed by atoms with Gasteiger partial charge in [-0.05, 0) is 74.8 Å². The van der Waals surface area contributed by atoms with Gasteiger partial charge in [-0.15, -0.1) is 0 Å². The number of nitrogens with zero attached hydrogens (tertiary/aromatic N) is 2. The second-order valence-electron chi connectivity index (χ2n) is 9.16. The number of H-pyrrole nitrogens is 1. The third kappa shape index (κ3) is 3.24. The average Bonchev–Trinajstić information content (AvgIpc) is 3.48. The van der Waals surface area contributed by atoms with Crippen LogP contribution in [0.5, 0.6) is 0 Å². The molecule has 0 bridgehead atoms. The molecule has 1 saturated carbocycles. The molecule has 2 heterocycles. The fourth-order valence-corrected chi connectivity index (χ4v) is 4.52. The molecule has 1 amide bonds. The number of hydrogen-bond acceptors (Lipinski definition) is 2. The molecular formula is C26H29N3O. The van der Waals surface area contributed by atoms with Gasteiger partial charge in [0, 0.05) is 30.1 Å². The molecule has 3 aromatic rings. The topological polar surface area (TPSA) is 49.0 Å². The summed E-state index contributed by atoms with van der Waals surface area (Å²) in [6.07, 6.45) is 2.46. The molecule has 2 aliphatic rings. The summed E-state index contributed by atoms with van der Waals surface area (Å²) in [5.41, 5.74) is 10.3. The number of aromatic nitrogens is 2. The van der Waals surface area contributed by atoms with Crippen molar-refractivity contribution in [3.63, 3.8) is 0 Å². The second kappa shape index (κ2) is 7.12. The molecule has 0 atom stereocenters. The smallest absolute Gasteiger partial charge is 0.254 e. The average molecular weight is 400 g/mol. The van der Waals surface area contributed by atoms with Crippen molar-refractivity contribution in [3.8, 4) is 11.3 Å².